The zero-order valence-corrected chi connectivity index (χ0v) is 13.8. The fraction of sp³-hybridized carbons (Fsp3) is 0.222. The van der Waals surface area contributed by atoms with Crippen LogP contribution < -0.4 is 15.4 Å². The van der Waals surface area contributed by atoms with Crippen molar-refractivity contribution >= 4 is 17.5 Å². The Kier molecular flexibility index (Phi) is 6.05. The first-order valence-corrected chi connectivity index (χ1v) is 7.65. The van der Waals surface area contributed by atoms with Crippen LogP contribution in [0.1, 0.15) is 24.2 Å². The van der Waals surface area contributed by atoms with Crippen LogP contribution >= 0.6 is 0 Å². The highest BCUT2D eigenvalue weighted by Crippen LogP contribution is 2.16. The molecular formula is C18H18F2N2O3. The molecular weight excluding hydrogens is 330 g/mol. The summed E-state index contributed by atoms with van der Waals surface area (Å²) in [7, 11) is 0. The Morgan fingerprint density at radius 2 is 1.72 bits per heavy atom. The molecule has 132 valence electrons. The largest absolute Gasteiger partial charge is 0.491 e. The molecule has 0 saturated heterocycles. The number of hydrogen-bond acceptors (Lipinski definition) is 3. The second-order valence-electron chi connectivity index (χ2n) is 5.55. The molecule has 2 aromatic rings. The standard InChI is InChI=1S/C18H18F2N2O3/c1-11(2)25-14-6-4-13(5-7-14)22-17(23)10-21-18(24)12-3-8-15(19)16(20)9-12/h3-9,11H,10H2,1-2H3,(H,21,24)(H,22,23). The summed E-state index contributed by atoms with van der Waals surface area (Å²) in [5.74, 6) is -2.61. The van der Waals surface area contributed by atoms with Crippen molar-refractivity contribution in [1.82, 2.24) is 5.32 Å². The summed E-state index contributed by atoms with van der Waals surface area (Å²) >= 11 is 0. The van der Waals surface area contributed by atoms with Crippen molar-refractivity contribution in [1.29, 1.82) is 0 Å². The Morgan fingerprint density at radius 1 is 1.04 bits per heavy atom. The number of nitrogens with one attached hydrogen (secondary N) is 2. The number of rotatable bonds is 6. The lowest BCUT2D eigenvalue weighted by Crippen LogP contribution is -2.32. The van der Waals surface area contributed by atoms with Crippen LogP contribution in [0.25, 0.3) is 0 Å². The van der Waals surface area contributed by atoms with Crippen LogP contribution in [0, 0.1) is 11.6 Å². The Balaban J connectivity index is 1.85. The maximum absolute atomic E-state index is 13.1. The van der Waals surface area contributed by atoms with Gasteiger partial charge in [0.1, 0.15) is 5.75 Å². The maximum atomic E-state index is 13.1. The van der Waals surface area contributed by atoms with Gasteiger partial charge in [-0.15, -0.1) is 0 Å². The van der Waals surface area contributed by atoms with Crippen LogP contribution in [-0.2, 0) is 4.79 Å². The lowest BCUT2D eigenvalue weighted by Gasteiger charge is -2.11. The minimum Gasteiger partial charge on any atom is -0.491 e. The Bertz CT molecular complexity index is 761. The van der Waals surface area contributed by atoms with Gasteiger partial charge in [0.2, 0.25) is 5.91 Å². The SMILES string of the molecule is CC(C)Oc1ccc(NC(=O)CNC(=O)c2ccc(F)c(F)c2)cc1. The third kappa shape index (κ3) is 5.56. The summed E-state index contributed by atoms with van der Waals surface area (Å²) in [6.07, 6.45) is 0.0481. The highest BCUT2D eigenvalue weighted by Gasteiger charge is 2.11. The number of halogens is 2. The van der Waals surface area contributed by atoms with E-state index < -0.39 is 23.4 Å². The first kappa shape index (κ1) is 18.4. The molecule has 0 atom stereocenters. The molecule has 0 aliphatic carbocycles. The molecule has 0 saturated carbocycles. The van der Waals surface area contributed by atoms with Gasteiger partial charge in [-0.1, -0.05) is 0 Å². The van der Waals surface area contributed by atoms with Gasteiger partial charge in [-0.3, -0.25) is 9.59 Å². The van der Waals surface area contributed by atoms with Crippen molar-refractivity contribution in [3.05, 3.63) is 59.7 Å². The number of amides is 2. The molecule has 0 heterocycles. The number of anilines is 1. The minimum atomic E-state index is -1.12. The average Bonchev–Trinajstić information content (AvgIpc) is 2.56. The second-order valence-corrected chi connectivity index (χ2v) is 5.55. The molecule has 2 N–H and O–H groups in total. The van der Waals surface area contributed by atoms with Crippen LogP contribution in [0.2, 0.25) is 0 Å². The van der Waals surface area contributed by atoms with E-state index in [-0.39, 0.29) is 18.2 Å². The molecule has 0 unspecified atom stereocenters. The lowest BCUT2D eigenvalue weighted by molar-refractivity contribution is -0.115. The third-order valence-electron chi connectivity index (χ3n) is 3.10. The zero-order chi connectivity index (χ0) is 18.4. The molecule has 2 amide bonds. The van der Waals surface area contributed by atoms with E-state index in [0.717, 1.165) is 18.2 Å². The molecule has 0 bridgehead atoms. The molecule has 0 fully saturated rings. The molecule has 2 rings (SSSR count). The van der Waals surface area contributed by atoms with Crippen LogP contribution in [0.4, 0.5) is 14.5 Å². The van der Waals surface area contributed by atoms with Crippen LogP contribution in [0.15, 0.2) is 42.5 Å². The fourth-order valence-corrected chi connectivity index (χ4v) is 1.99. The summed E-state index contributed by atoms with van der Waals surface area (Å²) < 4.78 is 31.4. The fourth-order valence-electron chi connectivity index (χ4n) is 1.99. The maximum Gasteiger partial charge on any atom is 0.251 e. The van der Waals surface area contributed by atoms with E-state index in [0.29, 0.717) is 11.4 Å². The van der Waals surface area contributed by atoms with Gasteiger partial charge in [-0.25, -0.2) is 8.78 Å². The Hall–Kier alpha value is -2.96. The molecule has 0 aliphatic heterocycles. The molecule has 0 spiro atoms. The number of ether oxygens (including phenoxy) is 1. The van der Waals surface area contributed by atoms with Crippen LogP contribution in [0.3, 0.4) is 0 Å². The van der Waals surface area contributed by atoms with E-state index in [4.69, 9.17) is 4.74 Å². The number of carbonyl (C=O) groups is 2. The summed E-state index contributed by atoms with van der Waals surface area (Å²) in [5, 5.41) is 4.94. The van der Waals surface area contributed by atoms with Gasteiger partial charge in [-0.05, 0) is 56.3 Å². The van der Waals surface area contributed by atoms with Crippen molar-refractivity contribution in [2.75, 3.05) is 11.9 Å². The predicted octanol–water partition coefficient (Wildman–Crippen LogP) is 3.12. The molecule has 0 radical (unpaired) electrons. The van der Waals surface area contributed by atoms with E-state index in [1.54, 1.807) is 24.3 Å². The van der Waals surface area contributed by atoms with Gasteiger partial charge in [-0.2, -0.15) is 0 Å². The summed E-state index contributed by atoms with van der Waals surface area (Å²) in [6.45, 7) is 3.51. The van der Waals surface area contributed by atoms with E-state index in [1.807, 2.05) is 13.8 Å². The monoisotopic (exact) mass is 348 g/mol. The van der Waals surface area contributed by atoms with Crippen molar-refractivity contribution < 1.29 is 23.1 Å². The highest BCUT2D eigenvalue weighted by molar-refractivity contribution is 5.99. The third-order valence-corrected chi connectivity index (χ3v) is 3.10. The summed E-state index contributed by atoms with van der Waals surface area (Å²) in [4.78, 5) is 23.7. The first-order valence-electron chi connectivity index (χ1n) is 7.65. The first-order chi connectivity index (χ1) is 11.8. The number of hydrogen-bond donors (Lipinski definition) is 2. The topological polar surface area (TPSA) is 67.4 Å². The van der Waals surface area contributed by atoms with E-state index >= 15 is 0 Å². The van der Waals surface area contributed by atoms with Gasteiger partial charge >= 0.3 is 0 Å². The van der Waals surface area contributed by atoms with Crippen molar-refractivity contribution in [3.63, 3.8) is 0 Å². The summed E-state index contributed by atoms with van der Waals surface area (Å²) in [6, 6.07) is 9.55. The Labute approximate surface area is 144 Å². The van der Waals surface area contributed by atoms with Gasteiger partial charge < -0.3 is 15.4 Å². The smallest absolute Gasteiger partial charge is 0.251 e. The molecule has 5 nitrogen and oxygen atoms in total. The van der Waals surface area contributed by atoms with Crippen molar-refractivity contribution in [2.45, 2.75) is 20.0 Å². The van der Waals surface area contributed by atoms with E-state index in [9.17, 15) is 18.4 Å². The number of carbonyl (C=O) groups excluding carboxylic acids is 2. The second kappa shape index (κ2) is 8.23. The molecule has 7 heteroatoms. The van der Waals surface area contributed by atoms with Gasteiger partial charge in [0, 0.05) is 11.3 Å². The minimum absolute atomic E-state index is 0.0481. The molecule has 25 heavy (non-hydrogen) atoms. The van der Waals surface area contributed by atoms with E-state index in [1.165, 1.54) is 0 Å². The Morgan fingerprint density at radius 3 is 2.32 bits per heavy atom. The predicted molar refractivity (Wildman–Crippen MR) is 89.5 cm³/mol. The normalized spacial score (nSPS) is 10.4. The quantitative estimate of drug-likeness (QED) is 0.843. The zero-order valence-electron chi connectivity index (χ0n) is 13.8. The summed E-state index contributed by atoms with van der Waals surface area (Å²) in [5.41, 5.74) is 0.477. The van der Waals surface area contributed by atoms with Crippen molar-refractivity contribution in [3.8, 4) is 5.75 Å². The molecule has 0 aliphatic rings. The average molecular weight is 348 g/mol. The molecule has 2 aromatic carbocycles. The number of benzene rings is 2. The molecule has 0 aromatic heterocycles. The highest BCUT2D eigenvalue weighted by atomic mass is 19.2. The lowest BCUT2D eigenvalue weighted by atomic mass is 10.2. The van der Waals surface area contributed by atoms with Crippen molar-refractivity contribution in [2.24, 2.45) is 0 Å². The van der Waals surface area contributed by atoms with Crippen LogP contribution in [0.5, 0.6) is 5.75 Å². The van der Waals surface area contributed by atoms with Crippen LogP contribution in [-0.4, -0.2) is 24.5 Å². The van der Waals surface area contributed by atoms with Gasteiger partial charge in [0.05, 0.1) is 12.6 Å². The van der Waals surface area contributed by atoms with E-state index in [2.05, 4.69) is 10.6 Å². The van der Waals surface area contributed by atoms with Gasteiger partial charge in [0.15, 0.2) is 11.6 Å². The van der Waals surface area contributed by atoms with Gasteiger partial charge in [0.25, 0.3) is 5.91 Å².